The molecule has 5 rings (SSSR count). The maximum Gasteiger partial charge on any atom is 0.156 e. The number of piperazine rings is 2. The highest BCUT2D eigenvalue weighted by molar-refractivity contribution is 5.86. The van der Waals surface area contributed by atoms with Crippen molar-refractivity contribution in [3.05, 3.63) is 30.0 Å². The minimum atomic E-state index is 0.836. The molecular weight excluding hydrogens is 378 g/mol. The zero-order chi connectivity index (χ0) is 20.7. The van der Waals surface area contributed by atoms with E-state index in [-0.39, 0.29) is 0 Å². The van der Waals surface area contributed by atoms with E-state index in [4.69, 9.17) is 9.97 Å². The smallest absolute Gasteiger partial charge is 0.156 e. The molecule has 3 aromatic rings. The lowest BCUT2D eigenvalue weighted by molar-refractivity contribution is 0.312. The van der Waals surface area contributed by atoms with Gasteiger partial charge in [-0.05, 0) is 27.0 Å². The van der Waals surface area contributed by atoms with Gasteiger partial charge in [-0.1, -0.05) is 0 Å². The van der Waals surface area contributed by atoms with Crippen LogP contribution in [-0.2, 0) is 0 Å². The van der Waals surface area contributed by atoms with Crippen molar-refractivity contribution < 1.29 is 0 Å². The molecule has 0 aromatic carbocycles. The van der Waals surface area contributed by atoms with Crippen molar-refractivity contribution in [1.29, 1.82) is 0 Å². The molecule has 2 aliphatic rings. The molecule has 0 spiro atoms. The Bertz CT molecular complexity index is 1030. The average Bonchev–Trinajstić information content (AvgIpc) is 3.14. The van der Waals surface area contributed by atoms with Gasteiger partial charge in [-0.15, -0.1) is 0 Å². The molecular formula is C21H29N9. The number of nitrogens with one attached hydrogen (secondary N) is 1. The lowest BCUT2D eigenvalue weighted by atomic mass is 10.2. The standard InChI is InChI=1S/C21H29N9/c1-15-12-17-20(24-15)21(23-14-22-17)30-10-8-29(9-11-30)19-13-18(25-16(2)26-19)28-6-4-27(3)5-7-28/h12-14,24H,4-11H2,1-3H3. The van der Waals surface area contributed by atoms with Crippen LogP contribution in [0, 0.1) is 13.8 Å². The summed E-state index contributed by atoms with van der Waals surface area (Å²) in [6.07, 6.45) is 1.66. The Morgan fingerprint density at radius 1 is 0.767 bits per heavy atom. The first kappa shape index (κ1) is 19.0. The maximum absolute atomic E-state index is 4.75. The van der Waals surface area contributed by atoms with Gasteiger partial charge in [0.15, 0.2) is 5.82 Å². The number of anilines is 3. The second-order valence-electron chi connectivity index (χ2n) is 8.31. The number of aryl methyl sites for hydroxylation is 2. The fraction of sp³-hybridized carbons (Fsp3) is 0.524. The van der Waals surface area contributed by atoms with Gasteiger partial charge in [-0.2, -0.15) is 0 Å². The number of hydrogen-bond donors (Lipinski definition) is 1. The Hall–Kier alpha value is -2.94. The summed E-state index contributed by atoms with van der Waals surface area (Å²) in [4.78, 5) is 31.3. The third-order valence-corrected chi connectivity index (χ3v) is 6.07. The number of rotatable bonds is 3. The fourth-order valence-electron chi connectivity index (χ4n) is 4.34. The molecule has 0 atom stereocenters. The van der Waals surface area contributed by atoms with E-state index in [2.05, 4.69) is 60.7 Å². The molecule has 0 unspecified atom stereocenters. The molecule has 1 N–H and O–H groups in total. The van der Waals surface area contributed by atoms with Crippen LogP contribution in [0.2, 0.25) is 0 Å². The molecule has 9 heteroatoms. The highest BCUT2D eigenvalue weighted by Crippen LogP contribution is 2.26. The predicted octanol–water partition coefficient (Wildman–Crippen LogP) is 1.44. The molecule has 0 saturated carbocycles. The van der Waals surface area contributed by atoms with E-state index in [9.17, 15) is 0 Å². The molecule has 9 nitrogen and oxygen atoms in total. The van der Waals surface area contributed by atoms with Crippen molar-refractivity contribution in [2.75, 3.05) is 74.1 Å². The topological polar surface area (TPSA) is 80.3 Å². The van der Waals surface area contributed by atoms with Gasteiger partial charge in [0.25, 0.3) is 0 Å². The third kappa shape index (κ3) is 3.65. The monoisotopic (exact) mass is 407 g/mol. The summed E-state index contributed by atoms with van der Waals surface area (Å²) in [5.41, 5.74) is 3.11. The second-order valence-corrected chi connectivity index (χ2v) is 8.31. The summed E-state index contributed by atoms with van der Waals surface area (Å²) in [5, 5.41) is 0. The van der Waals surface area contributed by atoms with E-state index in [1.165, 1.54) is 0 Å². The van der Waals surface area contributed by atoms with Crippen molar-refractivity contribution >= 4 is 28.5 Å². The zero-order valence-corrected chi connectivity index (χ0v) is 18.0. The van der Waals surface area contributed by atoms with E-state index in [1.54, 1.807) is 6.33 Å². The van der Waals surface area contributed by atoms with Crippen LogP contribution >= 0.6 is 0 Å². The van der Waals surface area contributed by atoms with Crippen molar-refractivity contribution in [3.8, 4) is 0 Å². The van der Waals surface area contributed by atoms with E-state index < -0.39 is 0 Å². The van der Waals surface area contributed by atoms with Crippen LogP contribution in [0.1, 0.15) is 11.5 Å². The Balaban J connectivity index is 1.32. The first-order chi connectivity index (χ1) is 14.6. The minimum Gasteiger partial charge on any atom is -0.354 e. The van der Waals surface area contributed by atoms with Crippen LogP contribution in [0.5, 0.6) is 0 Å². The van der Waals surface area contributed by atoms with Gasteiger partial charge in [-0.3, -0.25) is 0 Å². The van der Waals surface area contributed by atoms with Gasteiger partial charge >= 0.3 is 0 Å². The van der Waals surface area contributed by atoms with Gasteiger partial charge in [-0.25, -0.2) is 19.9 Å². The molecule has 2 saturated heterocycles. The van der Waals surface area contributed by atoms with Crippen LogP contribution in [-0.4, -0.2) is 89.2 Å². The predicted molar refractivity (Wildman–Crippen MR) is 120 cm³/mol. The van der Waals surface area contributed by atoms with Crippen molar-refractivity contribution in [2.24, 2.45) is 0 Å². The molecule has 0 bridgehead atoms. The quantitative estimate of drug-likeness (QED) is 0.699. The molecule has 2 fully saturated rings. The molecule has 0 radical (unpaired) electrons. The number of hydrogen-bond acceptors (Lipinski definition) is 8. The van der Waals surface area contributed by atoms with E-state index in [0.717, 1.165) is 92.4 Å². The molecule has 0 aliphatic carbocycles. The Kier molecular flexibility index (Phi) is 4.90. The summed E-state index contributed by atoms with van der Waals surface area (Å²) in [5.74, 6) is 3.90. The van der Waals surface area contributed by atoms with Crippen LogP contribution in [0.3, 0.4) is 0 Å². The zero-order valence-electron chi connectivity index (χ0n) is 18.0. The number of nitrogens with zero attached hydrogens (tertiary/aromatic N) is 8. The van der Waals surface area contributed by atoms with Crippen LogP contribution in [0.4, 0.5) is 17.5 Å². The van der Waals surface area contributed by atoms with Gasteiger partial charge < -0.3 is 24.6 Å². The highest BCUT2D eigenvalue weighted by atomic mass is 15.3. The van der Waals surface area contributed by atoms with Crippen LogP contribution in [0.25, 0.3) is 11.0 Å². The highest BCUT2D eigenvalue weighted by Gasteiger charge is 2.23. The Morgan fingerprint density at radius 3 is 2.03 bits per heavy atom. The Morgan fingerprint density at radius 2 is 1.37 bits per heavy atom. The van der Waals surface area contributed by atoms with E-state index in [1.807, 2.05) is 6.92 Å². The minimum absolute atomic E-state index is 0.836. The third-order valence-electron chi connectivity index (χ3n) is 6.07. The molecule has 5 heterocycles. The molecule has 3 aromatic heterocycles. The number of H-pyrrole nitrogens is 1. The van der Waals surface area contributed by atoms with E-state index in [0.29, 0.717) is 0 Å². The normalized spacial score (nSPS) is 18.4. The summed E-state index contributed by atoms with van der Waals surface area (Å²) in [6.45, 7) is 11.8. The molecule has 158 valence electrons. The number of likely N-dealkylation sites (N-methyl/N-ethyl adjacent to an activating group) is 1. The summed E-state index contributed by atoms with van der Waals surface area (Å²) in [7, 11) is 2.17. The number of aromatic amines is 1. The molecule has 30 heavy (non-hydrogen) atoms. The van der Waals surface area contributed by atoms with E-state index >= 15 is 0 Å². The first-order valence-electron chi connectivity index (χ1n) is 10.7. The SMILES string of the molecule is Cc1nc(N2CCN(C)CC2)cc(N2CCN(c3ncnc4cc(C)[nH]c34)CC2)n1. The molecule has 2 aliphatic heterocycles. The van der Waals surface area contributed by atoms with Crippen molar-refractivity contribution in [2.45, 2.75) is 13.8 Å². The second kappa shape index (κ2) is 7.71. The van der Waals surface area contributed by atoms with Crippen molar-refractivity contribution in [3.63, 3.8) is 0 Å². The Labute approximate surface area is 176 Å². The summed E-state index contributed by atoms with van der Waals surface area (Å²) in [6, 6.07) is 4.23. The van der Waals surface area contributed by atoms with Gasteiger partial charge in [0.05, 0.1) is 5.52 Å². The van der Waals surface area contributed by atoms with Crippen molar-refractivity contribution in [1.82, 2.24) is 29.8 Å². The van der Waals surface area contributed by atoms with Gasteiger partial charge in [0, 0.05) is 64.1 Å². The number of aromatic nitrogens is 5. The summed E-state index contributed by atoms with van der Waals surface area (Å²) < 4.78 is 0. The first-order valence-corrected chi connectivity index (χ1v) is 10.7. The average molecular weight is 408 g/mol. The lowest BCUT2D eigenvalue weighted by Crippen LogP contribution is -2.47. The maximum atomic E-state index is 4.75. The lowest BCUT2D eigenvalue weighted by Gasteiger charge is -2.37. The number of fused-ring (bicyclic) bond motifs is 1. The molecule has 0 amide bonds. The fourth-order valence-corrected chi connectivity index (χ4v) is 4.34. The van der Waals surface area contributed by atoms with Gasteiger partial charge in [0.1, 0.15) is 29.3 Å². The van der Waals surface area contributed by atoms with Crippen LogP contribution < -0.4 is 14.7 Å². The summed E-state index contributed by atoms with van der Waals surface area (Å²) >= 11 is 0. The largest absolute Gasteiger partial charge is 0.354 e. The van der Waals surface area contributed by atoms with Gasteiger partial charge in [0.2, 0.25) is 0 Å². The van der Waals surface area contributed by atoms with Crippen LogP contribution in [0.15, 0.2) is 18.5 Å².